The number of halogens is 1. The lowest BCUT2D eigenvalue weighted by Gasteiger charge is -2.08. The maximum atomic E-state index is 14.8. The van der Waals surface area contributed by atoms with Crippen molar-refractivity contribution in [3.63, 3.8) is 0 Å². The van der Waals surface area contributed by atoms with Gasteiger partial charge >= 0.3 is 0 Å². The minimum absolute atomic E-state index is 0.0729. The number of nitriles is 1. The number of para-hydroxylation sites is 1. The normalized spacial score (nSPS) is 11.2. The summed E-state index contributed by atoms with van der Waals surface area (Å²) in [6.45, 7) is 3.36. The van der Waals surface area contributed by atoms with Crippen LogP contribution in [-0.4, -0.2) is 42.6 Å². The van der Waals surface area contributed by atoms with E-state index < -0.39 is 11.7 Å². The molecule has 0 aliphatic rings. The van der Waals surface area contributed by atoms with Crippen molar-refractivity contribution in [3.8, 4) is 28.8 Å². The van der Waals surface area contributed by atoms with Crippen molar-refractivity contribution >= 4 is 12.0 Å². The highest BCUT2D eigenvalue weighted by molar-refractivity contribution is 6.02. The molecular formula is C27H29FN4O3. The molecule has 7 nitrogen and oxygen atoms in total. The minimum atomic E-state index is -0.501. The number of carbonyl (C=O) groups is 1. The second kappa shape index (κ2) is 13.1. The van der Waals surface area contributed by atoms with Crippen molar-refractivity contribution in [3.05, 3.63) is 71.7 Å². The van der Waals surface area contributed by atoms with E-state index in [2.05, 4.69) is 10.4 Å². The molecule has 0 aliphatic heterocycles. The van der Waals surface area contributed by atoms with Crippen LogP contribution in [0.5, 0.6) is 5.75 Å². The van der Waals surface area contributed by atoms with Crippen molar-refractivity contribution in [2.75, 3.05) is 26.9 Å². The highest BCUT2D eigenvalue weighted by Crippen LogP contribution is 2.29. The number of aromatic nitrogens is 2. The highest BCUT2D eigenvalue weighted by Gasteiger charge is 2.16. The third-order valence-corrected chi connectivity index (χ3v) is 5.20. The van der Waals surface area contributed by atoms with E-state index in [0.29, 0.717) is 43.0 Å². The monoisotopic (exact) mass is 476 g/mol. The van der Waals surface area contributed by atoms with E-state index >= 15 is 0 Å². The minimum Gasteiger partial charge on any atom is -0.491 e. The van der Waals surface area contributed by atoms with E-state index in [0.717, 1.165) is 18.5 Å². The number of hydrogen-bond donors (Lipinski definition) is 1. The molecule has 8 heteroatoms. The molecule has 1 aromatic heterocycles. The zero-order valence-electron chi connectivity index (χ0n) is 20.0. The SMILES string of the molecule is CCCCOc1ccc(-c2nn(-c3ccccc3)cc2C=C(C#N)C(=O)NCCCOC)cc1F. The van der Waals surface area contributed by atoms with Gasteiger partial charge in [0.2, 0.25) is 0 Å². The first-order valence-corrected chi connectivity index (χ1v) is 11.5. The zero-order valence-corrected chi connectivity index (χ0v) is 20.0. The summed E-state index contributed by atoms with van der Waals surface area (Å²) in [6, 6.07) is 16.0. The van der Waals surface area contributed by atoms with Gasteiger partial charge in [-0.3, -0.25) is 4.79 Å². The third-order valence-electron chi connectivity index (χ3n) is 5.20. The quantitative estimate of drug-likeness (QED) is 0.228. The van der Waals surface area contributed by atoms with E-state index in [1.807, 2.05) is 43.3 Å². The third kappa shape index (κ3) is 7.01. The Labute approximate surface area is 204 Å². The summed E-state index contributed by atoms with van der Waals surface area (Å²) in [5.74, 6) is -0.818. The van der Waals surface area contributed by atoms with Crippen LogP contribution >= 0.6 is 0 Å². The number of unbranched alkanes of at least 4 members (excludes halogenated alkanes) is 1. The Morgan fingerprint density at radius 1 is 1.20 bits per heavy atom. The lowest BCUT2D eigenvalue weighted by molar-refractivity contribution is -0.117. The van der Waals surface area contributed by atoms with Gasteiger partial charge in [-0.2, -0.15) is 10.4 Å². The van der Waals surface area contributed by atoms with Crippen LogP contribution < -0.4 is 10.1 Å². The molecule has 0 saturated carbocycles. The van der Waals surface area contributed by atoms with Crippen molar-refractivity contribution in [1.29, 1.82) is 5.26 Å². The molecule has 0 fully saturated rings. The Morgan fingerprint density at radius 2 is 2.00 bits per heavy atom. The van der Waals surface area contributed by atoms with Crippen LogP contribution in [0.4, 0.5) is 4.39 Å². The molecule has 1 amide bonds. The van der Waals surface area contributed by atoms with Crippen molar-refractivity contribution in [2.45, 2.75) is 26.2 Å². The summed E-state index contributed by atoms with van der Waals surface area (Å²) in [5.41, 5.74) is 2.17. The standard InChI is InChI=1S/C27H29FN4O3/c1-3-4-15-35-25-12-11-20(17-24(25)28)26-22(19-32(31-26)23-9-6-5-7-10-23)16-21(18-29)27(33)30-13-8-14-34-2/h5-7,9-12,16-17,19H,3-4,8,13-15H2,1-2H3,(H,30,33). The molecule has 35 heavy (non-hydrogen) atoms. The number of benzene rings is 2. The van der Waals surface area contributed by atoms with Crippen LogP contribution in [0.1, 0.15) is 31.7 Å². The molecule has 1 heterocycles. The van der Waals surface area contributed by atoms with Gasteiger partial charge in [0, 0.05) is 37.6 Å². The Kier molecular flexibility index (Phi) is 9.58. The average molecular weight is 477 g/mol. The van der Waals surface area contributed by atoms with E-state index in [9.17, 15) is 14.4 Å². The van der Waals surface area contributed by atoms with Gasteiger partial charge in [-0.25, -0.2) is 9.07 Å². The number of nitrogens with one attached hydrogen (secondary N) is 1. The maximum Gasteiger partial charge on any atom is 0.261 e. The molecule has 0 aliphatic carbocycles. The molecule has 0 spiro atoms. The first-order valence-electron chi connectivity index (χ1n) is 11.5. The summed E-state index contributed by atoms with van der Waals surface area (Å²) in [7, 11) is 1.58. The van der Waals surface area contributed by atoms with E-state index in [-0.39, 0.29) is 11.3 Å². The molecule has 2 aromatic carbocycles. The molecule has 0 radical (unpaired) electrons. The summed E-state index contributed by atoms with van der Waals surface area (Å²) in [5, 5.41) is 17.0. The number of carbonyl (C=O) groups excluding carboxylic acids is 1. The predicted octanol–water partition coefficient (Wildman–Crippen LogP) is 4.92. The lowest BCUT2D eigenvalue weighted by atomic mass is 10.1. The van der Waals surface area contributed by atoms with E-state index in [4.69, 9.17) is 9.47 Å². The van der Waals surface area contributed by atoms with Crippen molar-refractivity contribution in [1.82, 2.24) is 15.1 Å². The Hall–Kier alpha value is -3.96. The number of hydrogen-bond acceptors (Lipinski definition) is 5. The van der Waals surface area contributed by atoms with Crippen LogP contribution in [0, 0.1) is 17.1 Å². The topological polar surface area (TPSA) is 89.2 Å². The van der Waals surface area contributed by atoms with Gasteiger partial charge in [-0.05, 0) is 49.2 Å². The molecule has 182 valence electrons. The Morgan fingerprint density at radius 3 is 2.69 bits per heavy atom. The molecule has 0 bridgehead atoms. The second-order valence-corrected chi connectivity index (χ2v) is 7.83. The van der Waals surface area contributed by atoms with Gasteiger partial charge < -0.3 is 14.8 Å². The summed E-state index contributed by atoms with van der Waals surface area (Å²) >= 11 is 0. The second-order valence-electron chi connectivity index (χ2n) is 7.83. The highest BCUT2D eigenvalue weighted by atomic mass is 19.1. The summed E-state index contributed by atoms with van der Waals surface area (Å²) < 4.78 is 26.9. The van der Waals surface area contributed by atoms with Gasteiger partial charge in [-0.1, -0.05) is 31.5 Å². The Bertz CT molecular complexity index is 1200. The molecule has 3 aromatic rings. The van der Waals surface area contributed by atoms with E-state index in [1.165, 1.54) is 12.1 Å². The molecule has 0 unspecified atom stereocenters. The van der Waals surface area contributed by atoms with Gasteiger partial charge in [0.15, 0.2) is 11.6 Å². The van der Waals surface area contributed by atoms with E-state index in [1.54, 1.807) is 30.1 Å². The summed E-state index contributed by atoms with van der Waals surface area (Å²) in [4.78, 5) is 12.5. The number of methoxy groups -OCH3 is 1. The first-order chi connectivity index (χ1) is 17.1. The number of nitrogens with zero attached hydrogens (tertiary/aromatic N) is 3. The van der Waals surface area contributed by atoms with Crippen LogP contribution in [0.3, 0.4) is 0 Å². The van der Waals surface area contributed by atoms with Crippen LogP contribution in [0.15, 0.2) is 60.3 Å². The van der Waals surface area contributed by atoms with Crippen LogP contribution in [0.25, 0.3) is 23.0 Å². The largest absolute Gasteiger partial charge is 0.491 e. The predicted molar refractivity (Wildman–Crippen MR) is 132 cm³/mol. The lowest BCUT2D eigenvalue weighted by Crippen LogP contribution is -2.26. The molecule has 0 saturated heterocycles. The molecule has 3 rings (SSSR count). The molecule has 1 N–H and O–H groups in total. The van der Waals surface area contributed by atoms with Gasteiger partial charge in [0.1, 0.15) is 17.3 Å². The fourth-order valence-electron chi connectivity index (χ4n) is 3.34. The fourth-order valence-corrected chi connectivity index (χ4v) is 3.34. The van der Waals surface area contributed by atoms with Gasteiger partial charge in [-0.15, -0.1) is 0 Å². The first kappa shape index (κ1) is 25.7. The maximum absolute atomic E-state index is 14.8. The van der Waals surface area contributed by atoms with Crippen LogP contribution in [-0.2, 0) is 9.53 Å². The van der Waals surface area contributed by atoms with Gasteiger partial charge in [0.05, 0.1) is 12.3 Å². The van der Waals surface area contributed by atoms with Gasteiger partial charge in [0.25, 0.3) is 5.91 Å². The molecule has 0 atom stereocenters. The average Bonchev–Trinajstić information content (AvgIpc) is 3.30. The Balaban J connectivity index is 1.97. The number of ether oxygens (including phenoxy) is 2. The zero-order chi connectivity index (χ0) is 25.0. The number of rotatable bonds is 12. The van der Waals surface area contributed by atoms with Crippen molar-refractivity contribution < 1.29 is 18.7 Å². The number of amides is 1. The summed E-state index contributed by atoms with van der Waals surface area (Å²) in [6.07, 6.45) is 5.60. The van der Waals surface area contributed by atoms with Crippen molar-refractivity contribution in [2.24, 2.45) is 0 Å². The smallest absolute Gasteiger partial charge is 0.261 e. The fraction of sp³-hybridized carbons (Fsp3) is 0.296. The van der Waals surface area contributed by atoms with Crippen LogP contribution in [0.2, 0.25) is 0 Å². The molecular weight excluding hydrogens is 447 g/mol.